The SMILES string of the molecule is NC(=O)n1cc(NC(=O)N2[C@@H]3C[C@@H]3C[C@H]2C(=O)Cc2cccc(Br)n2)c2ccccc21. The number of carbonyl (C=O) groups excluding carboxylic acids is 3. The molecule has 2 aromatic heterocycles. The van der Waals surface area contributed by atoms with E-state index in [1.165, 1.54) is 10.8 Å². The number of halogens is 1. The summed E-state index contributed by atoms with van der Waals surface area (Å²) in [6, 6.07) is 11.3. The maximum absolute atomic E-state index is 13.2. The van der Waals surface area contributed by atoms with Crippen LogP contribution in [0.2, 0.25) is 0 Å². The van der Waals surface area contributed by atoms with Crippen LogP contribution in [0.4, 0.5) is 15.3 Å². The maximum atomic E-state index is 13.2. The second kappa shape index (κ2) is 7.49. The molecule has 2 aliphatic rings. The fraction of sp³-hybridized carbons (Fsp3) is 0.273. The summed E-state index contributed by atoms with van der Waals surface area (Å²) < 4.78 is 1.98. The van der Waals surface area contributed by atoms with E-state index in [4.69, 9.17) is 5.73 Å². The van der Waals surface area contributed by atoms with E-state index in [0.29, 0.717) is 39.2 Å². The van der Waals surface area contributed by atoms with Crippen LogP contribution in [0.3, 0.4) is 0 Å². The number of primary amides is 1. The molecule has 31 heavy (non-hydrogen) atoms. The molecule has 0 spiro atoms. The molecule has 1 aliphatic heterocycles. The third-order valence-electron chi connectivity index (χ3n) is 6.03. The Labute approximate surface area is 186 Å². The Morgan fingerprint density at radius 2 is 1.94 bits per heavy atom. The Kier molecular flexibility index (Phi) is 4.77. The van der Waals surface area contributed by atoms with Gasteiger partial charge in [0.25, 0.3) is 0 Å². The van der Waals surface area contributed by atoms with Crippen LogP contribution in [-0.4, -0.2) is 44.4 Å². The molecule has 8 nitrogen and oxygen atoms in total. The molecule has 0 radical (unpaired) electrons. The second-order valence-corrected chi connectivity index (χ2v) is 8.83. The van der Waals surface area contributed by atoms with Crippen LogP contribution in [-0.2, 0) is 11.2 Å². The van der Waals surface area contributed by atoms with Crippen LogP contribution >= 0.6 is 15.9 Å². The molecule has 1 saturated heterocycles. The molecule has 0 unspecified atom stereocenters. The maximum Gasteiger partial charge on any atom is 0.323 e. The van der Waals surface area contributed by atoms with Crippen LogP contribution in [0.5, 0.6) is 0 Å². The van der Waals surface area contributed by atoms with Crippen LogP contribution in [0, 0.1) is 5.92 Å². The van der Waals surface area contributed by atoms with E-state index in [9.17, 15) is 14.4 Å². The Morgan fingerprint density at radius 3 is 2.71 bits per heavy atom. The number of hydrogen-bond donors (Lipinski definition) is 2. The third kappa shape index (κ3) is 3.59. The van der Waals surface area contributed by atoms with Gasteiger partial charge in [0.1, 0.15) is 4.60 Å². The van der Waals surface area contributed by atoms with Gasteiger partial charge in [-0.25, -0.2) is 14.6 Å². The number of para-hydroxylation sites is 1. The van der Waals surface area contributed by atoms with Gasteiger partial charge in [-0.05, 0) is 52.9 Å². The van der Waals surface area contributed by atoms with Crippen molar-refractivity contribution in [3.8, 4) is 0 Å². The average Bonchev–Trinajstić information content (AvgIpc) is 3.24. The first-order valence-electron chi connectivity index (χ1n) is 10.1. The van der Waals surface area contributed by atoms with Crippen molar-refractivity contribution in [1.82, 2.24) is 14.5 Å². The number of pyridine rings is 1. The van der Waals surface area contributed by atoms with Crippen molar-refractivity contribution in [2.75, 3.05) is 5.32 Å². The van der Waals surface area contributed by atoms with E-state index in [1.54, 1.807) is 29.2 Å². The molecule has 3 heterocycles. The lowest BCUT2D eigenvalue weighted by Crippen LogP contribution is -2.45. The van der Waals surface area contributed by atoms with Crippen molar-refractivity contribution in [2.24, 2.45) is 11.7 Å². The zero-order valence-electron chi connectivity index (χ0n) is 16.5. The number of anilines is 1. The van der Waals surface area contributed by atoms with Gasteiger partial charge < -0.3 is 16.0 Å². The minimum Gasteiger partial charge on any atom is -0.351 e. The monoisotopic (exact) mass is 481 g/mol. The molecule has 158 valence electrons. The van der Waals surface area contributed by atoms with Gasteiger partial charge in [-0.2, -0.15) is 0 Å². The standard InChI is InChI=1S/C22H20BrN5O3/c23-20-7-3-4-13(25-20)10-19(29)18-9-12-8-17(12)28(18)22(31)26-15-11-27(21(24)30)16-6-2-1-5-14(15)16/h1-7,11-12,17-18H,8-10H2,(H2,24,30)(H,26,31)/t12-,17-,18+/m1/s1. The van der Waals surface area contributed by atoms with Gasteiger partial charge in [0.15, 0.2) is 5.78 Å². The minimum absolute atomic E-state index is 0.0208. The summed E-state index contributed by atoms with van der Waals surface area (Å²) in [5, 5.41) is 3.61. The lowest BCUT2D eigenvalue weighted by molar-refractivity contribution is -0.122. The number of carbonyl (C=O) groups is 3. The highest BCUT2D eigenvalue weighted by Gasteiger charge is 2.55. The molecule has 1 aliphatic carbocycles. The second-order valence-electron chi connectivity index (χ2n) is 8.01. The van der Waals surface area contributed by atoms with Gasteiger partial charge >= 0.3 is 12.1 Å². The molecule has 0 bridgehead atoms. The highest BCUT2D eigenvalue weighted by Crippen LogP contribution is 2.48. The summed E-state index contributed by atoms with van der Waals surface area (Å²) in [7, 11) is 0. The van der Waals surface area contributed by atoms with Gasteiger partial charge in [0, 0.05) is 23.3 Å². The van der Waals surface area contributed by atoms with Gasteiger partial charge in [-0.1, -0.05) is 24.3 Å². The van der Waals surface area contributed by atoms with Crippen molar-refractivity contribution in [1.29, 1.82) is 0 Å². The summed E-state index contributed by atoms with van der Waals surface area (Å²) in [5.41, 5.74) is 7.24. The summed E-state index contributed by atoms with van der Waals surface area (Å²) in [4.78, 5) is 44.0. The topological polar surface area (TPSA) is 110 Å². The number of urea groups is 1. The van der Waals surface area contributed by atoms with E-state index in [-0.39, 0.29) is 24.3 Å². The van der Waals surface area contributed by atoms with Crippen LogP contribution in [0.1, 0.15) is 18.5 Å². The Hall–Kier alpha value is -3.20. The minimum atomic E-state index is -0.630. The number of nitrogens with two attached hydrogens (primary N) is 1. The van der Waals surface area contributed by atoms with Crippen molar-refractivity contribution in [2.45, 2.75) is 31.3 Å². The molecule has 5 rings (SSSR count). The number of ketones is 1. The number of nitrogens with one attached hydrogen (secondary N) is 1. The number of nitrogens with zero attached hydrogens (tertiary/aromatic N) is 3. The predicted molar refractivity (Wildman–Crippen MR) is 119 cm³/mol. The Balaban J connectivity index is 1.38. The first-order valence-corrected chi connectivity index (χ1v) is 10.8. The zero-order chi connectivity index (χ0) is 21.7. The first kappa shape index (κ1) is 19.7. The number of likely N-dealkylation sites (tertiary alicyclic amines) is 1. The number of amides is 3. The molecule has 1 aromatic carbocycles. The number of rotatable bonds is 4. The largest absolute Gasteiger partial charge is 0.351 e. The van der Waals surface area contributed by atoms with E-state index < -0.39 is 12.1 Å². The molecule has 2 fully saturated rings. The number of hydrogen-bond acceptors (Lipinski definition) is 4. The Morgan fingerprint density at radius 1 is 1.13 bits per heavy atom. The molecular weight excluding hydrogens is 462 g/mol. The average molecular weight is 482 g/mol. The molecule has 3 amide bonds. The zero-order valence-corrected chi connectivity index (χ0v) is 18.1. The summed E-state index contributed by atoms with van der Waals surface area (Å²) >= 11 is 3.32. The normalized spacial score (nSPS) is 21.7. The molecule has 1 saturated carbocycles. The number of piperidine rings is 1. The van der Waals surface area contributed by atoms with E-state index in [2.05, 4.69) is 26.2 Å². The molecule has 3 aromatic rings. The third-order valence-corrected chi connectivity index (χ3v) is 6.47. The highest BCUT2D eigenvalue weighted by atomic mass is 79.9. The fourth-order valence-corrected chi connectivity index (χ4v) is 4.90. The van der Waals surface area contributed by atoms with Crippen LogP contribution in [0.15, 0.2) is 53.3 Å². The molecule has 9 heteroatoms. The quantitative estimate of drug-likeness (QED) is 0.555. The summed E-state index contributed by atoms with van der Waals surface area (Å²) in [6.45, 7) is 0. The van der Waals surface area contributed by atoms with Crippen LogP contribution in [0.25, 0.3) is 10.9 Å². The number of Topliss-reactive ketones (excluding diaryl/α,β-unsaturated/α-hetero) is 1. The molecule has 3 atom stereocenters. The van der Waals surface area contributed by atoms with Gasteiger partial charge in [-0.15, -0.1) is 0 Å². The predicted octanol–water partition coefficient (Wildman–Crippen LogP) is 3.53. The Bertz CT molecular complexity index is 1220. The number of fused-ring (bicyclic) bond motifs is 2. The lowest BCUT2D eigenvalue weighted by atomic mass is 10.0. The van der Waals surface area contributed by atoms with Gasteiger partial charge in [0.05, 0.1) is 23.7 Å². The number of aromatic nitrogens is 2. The first-order chi connectivity index (χ1) is 14.9. The summed E-state index contributed by atoms with van der Waals surface area (Å²) in [6.07, 6.45) is 3.28. The van der Waals surface area contributed by atoms with E-state index in [1.807, 2.05) is 18.2 Å². The van der Waals surface area contributed by atoms with Crippen molar-refractivity contribution >= 4 is 50.4 Å². The van der Waals surface area contributed by atoms with Gasteiger partial charge in [-0.3, -0.25) is 9.36 Å². The fourth-order valence-electron chi connectivity index (χ4n) is 4.52. The lowest BCUT2D eigenvalue weighted by Gasteiger charge is -2.26. The smallest absolute Gasteiger partial charge is 0.323 e. The highest BCUT2D eigenvalue weighted by molar-refractivity contribution is 9.10. The van der Waals surface area contributed by atoms with Gasteiger partial charge in [0.2, 0.25) is 0 Å². The van der Waals surface area contributed by atoms with Crippen molar-refractivity contribution in [3.05, 3.63) is 59.0 Å². The summed E-state index contributed by atoms with van der Waals surface area (Å²) in [5.74, 6) is 0.342. The van der Waals surface area contributed by atoms with Crippen LogP contribution < -0.4 is 11.1 Å². The van der Waals surface area contributed by atoms with Crippen molar-refractivity contribution in [3.63, 3.8) is 0 Å². The molecule has 3 N–H and O–H groups in total. The molecular formula is C22H20BrN5O3. The van der Waals surface area contributed by atoms with Crippen molar-refractivity contribution < 1.29 is 14.4 Å². The number of benzene rings is 1. The van der Waals surface area contributed by atoms with E-state index >= 15 is 0 Å². The van der Waals surface area contributed by atoms with E-state index in [0.717, 1.165) is 6.42 Å².